The van der Waals surface area contributed by atoms with Gasteiger partial charge in [0.25, 0.3) is 0 Å². The molecule has 0 spiro atoms. The zero-order chi connectivity index (χ0) is 16.4. The topological polar surface area (TPSA) is 60.6 Å². The minimum Gasteiger partial charge on any atom is -0.497 e. The van der Waals surface area contributed by atoms with Crippen molar-refractivity contribution in [3.8, 4) is 17.2 Å². The van der Waals surface area contributed by atoms with E-state index in [4.69, 9.17) is 14.2 Å². The summed E-state index contributed by atoms with van der Waals surface area (Å²) in [5.74, 6) is 1.78. The first-order valence-electron chi connectivity index (χ1n) is 7.09. The lowest BCUT2D eigenvalue weighted by Crippen LogP contribution is -2.01. The van der Waals surface area contributed by atoms with Gasteiger partial charge in [-0.1, -0.05) is 0 Å². The van der Waals surface area contributed by atoms with Gasteiger partial charge in [-0.15, -0.1) is 0 Å². The molecule has 0 aliphatic heterocycles. The van der Waals surface area contributed by atoms with Crippen LogP contribution in [-0.4, -0.2) is 32.1 Å². The largest absolute Gasteiger partial charge is 0.497 e. The quantitative estimate of drug-likeness (QED) is 0.733. The first kappa shape index (κ1) is 15.0. The van der Waals surface area contributed by atoms with E-state index in [9.17, 15) is 4.79 Å². The minimum absolute atomic E-state index is 0.0811. The van der Waals surface area contributed by atoms with Crippen molar-refractivity contribution in [2.45, 2.75) is 0 Å². The van der Waals surface area contributed by atoms with Gasteiger partial charge in [-0.25, -0.2) is 0 Å². The second-order valence-electron chi connectivity index (χ2n) is 5.01. The SMILES string of the molecule is COc1ccc2c(C(=O)c3ccc(OC)c(OC)c3)c[nH]c2c1. The lowest BCUT2D eigenvalue weighted by atomic mass is 10.0. The van der Waals surface area contributed by atoms with Gasteiger partial charge < -0.3 is 19.2 Å². The molecule has 2 aromatic carbocycles. The molecule has 3 rings (SSSR count). The number of nitrogens with one attached hydrogen (secondary N) is 1. The number of aromatic nitrogens is 1. The van der Waals surface area contributed by atoms with Crippen LogP contribution in [-0.2, 0) is 0 Å². The summed E-state index contributed by atoms with van der Waals surface area (Å²) in [6.45, 7) is 0. The van der Waals surface area contributed by atoms with Gasteiger partial charge in [0.2, 0.25) is 0 Å². The molecule has 0 radical (unpaired) electrons. The van der Waals surface area contributed by atoms with Crippen LogP contribution in [0, 0.1) is 0 Å². The lowest BCUT2D eigenvalue weighted by molar-refractivity contribution is 0.104. The average molecular weight is 311 g/mol. The Kier molecular flexibility index (Phi) is 3.93. The monoisotopic (exact) mass is 311 g/mol. The smallest absolute Gasteiger partial charge is 0.195 e. The van der Waals surface area contributed by atoms with Gasteiger partial charge in [0, 0.05) is 34.3 Å². The Balaban J connectivity index is 2.03. The first-order valence-corrected chi connectivity index (χ1v) is 7.09. The number of hydrogen-bond donors (Lipinski definition) is 1. The Morgan fingerprint density at radius 2 is 1.70 bits per heavy atom. The van der Waals surface area contributed by atoms with Crippen LogP contribution in [0.4, 0.5) is 0 Å². The fraction of sp³-hybridized carbons (Fsp3) is 0.167. The number of ether oxygens (including phenoxy) is 3. The van der Waals surface area contributed by atoms with Crippen molar-refractivity contribution in [1.82, 2.24) is 4.98 Å². The second-order valence-corrected chi connectivity index (χ2v) is 5.01. The number of fused-ring (bicyclic) bond motifs is 1. The third kappa shape index (κ3) is 2.61. The predicted octanol–water partition coefficient (Wildman–Crippen LogP) is 3.42. The molecular formula is C18H17NO4. The van der Waals surface area contributed by atoms with E-state index in [0.717, 1.165) is 16.7 Å². The maximum atomic E-state index is 12.8. The van der Waals surface area contributed by atoms with Crippen LogP contribution in [0.2, 0.25) is 0 Å². The van der Waals surface area contributed by atoms with Crippen molar-refractivity contribution in [2.75, 3.05) is 21.3 Å². The molecule has 0 atom stereocenters. The molecule has 5 nitrogen and oxygen atoms in total. The van der Waals surface area contributed by atoms with E-state index in [-0.39, 0.29) is 5.78 Å². The molecule has 0 bridgehead atoms. The first-order chi connectivity index (χ1) is 11.2. The van der Waals surface area contributed by atoms with Crippen molar-refractivity contribution < 1.29 is 19.0 Å². The highest BCUT2D eigenvalue weighted by molar-refractivity contribution is 6.16. The maximum absolute atomic E-state index is 12.8. The molecule has 118 valence electrons. The molecule has 0 saturated carbocycles. The summed E-state index contributed by atoms with van der Waals surface area (Å²) in [5.41, 5.74) is 2.00. The van der Waals surface area contributed by atoms with Gasteiger partial charge in [-0.2, -0.15) is 0 Å². The third-order valence-electron chi connectivity index (χ3n) is 3.78. The fourth-order valence-electron chi connectivity index (χ4n) is 2.55. The number of carbonyl (C=O) groups is 1. The molecule has 0 unspecified atom stereocenters. The van der Waals surface area contributed by atoms with E-state index in [0.29, 0.717) is 22.6 Å². The maximum Gasteiger partial charge on any atom is 0.195 e. The minimum atomic E-state index is -0.0811. The van der Waals surface area contributed by atoms with Crippen LogP contribution in [0.3, 0.4) is 0 Å². The molecule has 5 heteroatoms. The summed E-state index contributed by atoms with van der Waals surface area (Å²) in [4.78, 5) is 15.9. The molecule has 0 aliphatic rings. The van der Waals surface area contributed by atoms with Crippen LogP contribution in [0.5, 0.6) is 17.2 Å². The summed E-state index contributed by atoms with van der Waals surface area (Å²) in [7, 11) is 4.72. The summed E-state index contributed by atoms with van der Waals surface area (Å²) >= 11 is 0. The van der Waals surface area contributed by atoms with Gasteiger partial charge in [0.05, 0.1) is 21.3 Å². The number of carbonyl (C=O) groups excluding carboxylic acids is 1. The zero-order valence-corrected chi connectivity index (χ0v) is 13.2. The standard InChI is InChI=1S/C18H17NO4/c1-21-12-5-6-13-14(10-19-15(13)9-12)18(20)11-4-7-16(22-2)17(8-11)23-3/h4-10,19H,1-3H3. The van der Waals surface area contributed by atoms with Crippen molar-refractivity contribution in [1.29, 1.82) is 0 Å². The summed E-state index contributed by atoms with van der Waals surface area (Å²) in [6, 6.07) is 10.7. The Hall–Kier alpha value is -2.95. The van der Waals surface area contributed by atoms with E-state index in [2.05, 4.69) is 4.98 Å². The van der Waals surface area contributed by atoms with Crippen LogP contribution in [0.25, 0.3) is 10.9 Å². The number of benzene rings is 2. The van der Waals surface area contributed by atoms with Gasteiger partial charge in [-0.05, 0) is 30.3 Å². The van der Waals surface area contributed by atoms with Crippen molar-refractivity contribution in [3.63, 3.8) is 0 Å². The van der Waals surface area contributed by atoms with Crippen LogP contribution >= 0.6 is 0 Å². The Morgan fingerprint density at radius 3 is 2.39 bits per heavy atom. The van der Waals surface area contributed by atoms with E-state index in [1.54, 1.807) is 45.7 Å². The molecule has 0 fully saturated rings. The molecule has 0 amide bonds. The summed E-state index contributed by atoms with van der Waals surface area (Å²) in [6.07, 6.45) is 1.71. The number of H-pyrrole nitrogens is 1. The summed E-state index contributed by atoms with van der Waals surface area (Å²) in [5, 5.41) is 0.852. The van der Waals surface area contributed by atoms with Crippen LogP contribution in [0.15, 0.2) is 42.6 Å². The van der Waals surface area contributed by atoms with Crippen molar-refractivity contribution in [3.05, 3.63) is 53.7 Å². The zero-order valence-electron chi connectivity index (χ0n) is 13.2. The lowest BCUT2D eigenvalue weighted by Gasteiger charge is -2.09. The van der Waals surface area contributed by atoms with Crippen molar-refractivity contribution >= 4 is 16.7 Å². The van der Waals surface area contributed by atoms with Gasteiger partial charge in [-0.3, -0.25) is 4.79 Å². The van der Waals surface area contributed by atoms with Crippen molar-refractivity contribution in [2.24, 2.45) is 0 Å². The number of ketones is 1. The number of methoxy groups -OCH3 is 3. The fourth-order valence-corrected chi connectivity index (χ4v) is 2.55. The normalized spacial score (nSPS) is 10.6. The average Bonchev–Trinajstić information content (AvgIpc) is 3.03. The molecule has 1 heterocycles. The molecule has 3 aromatic rings. The molecule has 0 saturated heterocycles. The Labute approximate surface area is 133 Å². The predicted molar refractivity (Wildman–Crippen MR) is 87.8 cm³/mol. The van der Waals surface area contributed by atoms with Gasteiger partial charge >= 0.3 is 0 Å². The van der Waals surface area contributed by atoms with E-state index < -0.39 is 0 Å². The highest BCUT2D eigenvalue weighted by Crippen LogP contribution is 2.30. The molecular weight excluding hydrogens is 294 g/mol. The van der Waals surface area contributed by atoms with E-state index >= 15 is 0 Å². The Bertz CT molecular complexity index is 867. The van der Waals surface area contributed by atoms with Crippen LogP contribution < -0.4 is 14.2 Å². The number of aromatic amines is 1. The van der Waals surface area contributed by atoms with Gasteiger partial charge in [0.1, 0.15) is 5.75 Å². The molecule has 1 aromatic heterocycles. The molecule has 1 N–H and O–H groups in total. The number of hydrogen-bond acceptors (Lipinski definition) is 4. The molecule has 0 aliphatic carbocycles. The van der Waals surface area contributed by atoms with Crippen LogP contribution in [0.1, 0.15) is 15.9 Å². The van der Waals surface area contributed by atoms with E-state index in [1.165, 1.54) is 0 Å². The highest BCUT2D eigenvalue weighted by atomic mass is 16.5. The third-order valence-corrected chi connectivity index (χ3v) is 3.78. The molecule has 23 heavy (non-hydrogen) atoms. The highest BCUT2D eigenvalue weighted by Gasteiger charge is 2.16. The van der Waals surface area contributed by atoms with Gasteiger partial charge in [0.15, 0.2) is 17.3 Å². The second kappa shape index (κ2) is 6.04. The Morgan fingerprint density at radius 1 is 0.913 bits per heavy atom. The van der Waals surface area contributed by atoms with E-state index in [1.807, 2.05) is 18.2 Å². The summed E-state index contributed by atoms with van der Waals surface area (Å²) < 4.78 is 15.7. The number of rotatable bonds is 5.